The number of carbonyl (C=O) groups excluding carboxylic acids is 1. The minimum atomic E-state index is -0.558. The Kier molecular flexibility index (Phi) is 3.66. The van der Waals surface area contributed by atoms with Crippen molar-refractivity contribution in [1.82, 2.24) is 4.57 Å². The van der Waals surface area contributed by atoms with E-state index in [0.717, 1.165) is 0 Å². The third-order valence-corrected chi connectivity index (χ3v) is 2.03. The maximum absolute atomic E-state index is 11.8. The van der Waals surface area contributed by atoms with Crippen molar-refractivity contribution in [3.8, 4) is 0 Å². The number of hydrogen-bond acceptors (Lipinski definition) is 3. The van der Waals surface area contributed by atoms with Gasteiger partial charge >= 0.3 is 5.97 Å². The smallest absolute Gasteiger partial charge is 0.343 e. The number of nitrogens with zero attached hydrogens (tertiary/aromatic N) is 1. The molecule has 0 saturated heterocycles. The van der Waals surface area contributed by atoms with Gasteiger partial charge in [0.15, 0.2) is 0 Å². The van der Waals surface area contributed by atoms with Gasteiger partial charge < -0.3 is 9.30 Å². The molecule has 1 aromatic heterocycles. The van der Waals surface area contributed by atoms with Gasteiger partial charge in [0.1, 0.15) is 5.56 Å². The van der Waals surface area contributed by atoms with Gasteiger partial charge in [-0.2, -0.15) is 0 Å². The minimum absolute atomic E-state index is 0.0341. The first-order chi connectivity index (χ1) is 7.07. The highest BCUT2D eigenvalue weighted by Gasteiger charge is 2.13. The van der Waals surface area contributed by atoms with Gasteiger partial charge in [-0.25, -0.2) is 4.79 Å². The Morgan fingerprint density at radius 1 is 1.53 bits per heavy atom. The predicted molar refractivity (Wildman–Crippen MR) is 57.0 cm³/mol. The maximum Gasteiger partial charge on any atom is 0.343 e. The Morgan fingerprint density at radius 3 is 2.73 bits per heavy atom. The first-order valence-corrected chi connectivity index (χ1v) is 4.96. The molecule has 1 heterocycles. The van der Waals surface area contributed by atoms with E-state index >= 15 is 0 Å². The summed E-state index contributed by atoms with van der Waals surface area (Å²) in [5.74, 6) is -0.558. The standard InChI is InChI=1S/C11H15NO3/c1-4-15-11(14)9-6-5-7-12(8(2)3)10(9)13/h5-8H,4H2,1-3H3. The number of esters is 1. The fourth-order valence-corrected chi connectivity index (χ4v) is 1.28. The number of rotatable bonds is 3. The molecule has 4 heteroatoms. The number of aromatic nitrogens is 1. The van der Waals surface area contributed by atoms with Gasteiger partial charge in [0, 0.05) is 12.2 Å². The van der Waals surface area contributed by atoms with Crippen LogP contribution >= 0.6 is 0 Å². The van der Waals surface area contributed by atoms with Crippen LogP contribution in [0.5, 0.6) is 0 Å². The lowest BCUT2D eigenvalue weighted by molar-refractivity contribution is 0.0523. The molecule has 0 aliphatic rings. The van der Waals surface area contributed by atoms with Crippen LogP contribution in [-0.2, 0) is 4.74 Å². The summed E-state index contributed by atoms with van der Waals surface area (Å²) in [6, 6.07) is 3.19. The Labute approximate surface area is 88.5 Å². The van der Waals surface area contributed by atoms with Crippen LogP contribution in [0.25, 0.3) is 0 Å². The van der Waals surface area contributed by atoms with Crippen molar-refractivity contribution >= 4 is 5.97 Å². The van der Waals surface area contributed by atoms with E-state index in [0.29, 0.717) is 0 Å². The minimum Gasteiger partial charge on any atom is -0.462 e. The topological polar surface area (TPSA) is 48.3 Å². The summed E-state index contributed by atoms with van der Waals surface area (Å²) in [5, 5.41) is 0. The van der Waals surface area contributed by atoms with E-state index in [4.69, 9.17) is 4.74 Å². The van der Waals surface area contributed by atoms with Crippen LogP contribution in [0.2, 0.25) is 0 Å². The Morgan fingerprint density at radius 2 is 2.20 bits per heavy atom. The van der Waals surface area contributed by atoms with E-state index in [-0.39, 0.29) is 23.8 Å². The second-order valence-corrected chi connectivity index (χ2v) is 3.45. The second-order valence-electron chi connectivity index (χ2n) is 3.45. The molecule has 0 aliphatic carbocycles. The zero-order chi connectivity index (χ0) is 11.4. The summed E-state index contributed by atoms with van der Waals surface area (Å²) in [4.78, 5) is 23.2. The van der Waals surface area contributed by atoms with E-state index in [1.807, 2.05) is 13.8 Å². The van der Waals surface area contributed by atoms with Crippen LogP contribution in [0.3, 0.4) is 0 Å². The van der Waals surface area contributed by atoms with Gasteiger partial charge in [-0.05, 0) is 32.9 Å². The van der Waals surface area contributed by atoms with Gasteiger partial charge in [-0.1, -0.05) is 0 Å². The molecule has 4 nitrogen and oxygen atoms in total. The molecule has 0 bridgehead atoms. The third-order valence-electron chi connectivity index (χ3n) is 2.03. The lowest BCUT2D eigenvalue weighted by Crippen LogP contribution is -2.27. The van der Waals surface area contributed by atoms with Crippen molar-refractivity contribution in [2.75, 3.05) is 6.61 Å². The molecule has 0 radical (unpaired) electrons. The molecule has 1 aromatic rings. The average Bonchev–Trinajstić information content (AvgIpc) is 2.17. The highest BCUT2D eigenvalue weighted by atomic mass is 16.5. The molecule has 0 amide bonds. The average molecular weight is 209 g/mol. The normalized spacial score (nSPS) is 10.4. The van der Waals surface area contributed by atoms with E-state index in [9.17, 15) is 9.59 Å². The molecule has 82 valence electrons. The largest absolute Gasteiger partial charge is 0.462 e. The van der Waals surface area contributed by atoms with Crippen LogP contribution in [0.15, 0.2) is 23.1 Å². The van der Waals surface area contributed by atoms with E-state index < -0.39 is 5.97 Å². The first kappa shape index (κ1) is 11.5. The molecule has 15 heavy (non-hydrogen) atoms. The van der Waals surface area contributed by atoms with Crippen molar-refractivity contribution in [1.29, 1.82) is 0 Å². The number of pyridine rings is 1. The quantitative estimate of drug-likeness (QED) is 0.710. The fourth-order valence-electron chi connectivity index (χ4n) is 1.28. The first-order valence-electron chi connectivity index (χ1n) is 4.96. The Hall–Kier alpha value is -1.58. The summed E-state index contributed by atoms with van der Waals surface area (Å²) >= 11 is 0. The summed E-state index contributed by atoms with van der Waals surface area (Å²) in [6.45, 7) is 5.75. The molecule has 0 atom stereocenters. The van der Waals surface area contributed by atoms with Crippen LogP contribution in [-0.4, -0.2) is 17.1 Å². The highest BCUT2D eigenvalue weighted by molar-refractivity contribution is 5.88. The monoisotopic (exact) mass is 209 g/mol. The van der Waals surface area contributed by atoms with Crippen LogP contribution in [0, 0.1) is 0 Å². The van der Waals surface area contributed by atoms with Crippen LogP contribution in [0.4, 0.5) is 0 Å². The zero-order valence-corrected chi connectivity index (χ0v) is 9.19. The molecular formula is C11H15NO3. The van der Waals surface area contributed by atoms with Gasteiger partial charge in [0.2, 0.25) is 0 Å². The molecule has 0 spiro atoms. The lowest BCUT2D eigenvalue weighted by Gasteiger charge is -2.10. The molecule has 0 fully saturated rings. The molecule has 0 aliphatic heterocycles. The van der Waals surface area contributed by atoms with Crippen molar-refractivity contribution in [2.24, 2.45) is 0 Å². The Balaban J connectivity index is 3.16. The summed E-state index contributed by atoms with van der Waals surface area (Å²) < 4.78 is 6.30. The molecule has 1 rings (SSSR count). The second kappa shape index (κ2) is 4.77. The zero-order valence-electron chi connectivity index (χ0n) is 9.19. The van der Waals surface area contributed by atoms with Gasteiger partial charge in [-0.15, -0.1) is 0 Å². The molecule has 0 N–H and O–H groups in total. The van der Waals surface area contributed by atoms with Crippen molar-refractivity contribution in [3.63, 3.8) is 0 Å². The van der Waals surface area contributed by atoms with Gasteiger partial charge in [0.25, 0.3) is 5.56 Å². The van der Waals surface area contributed by atoms with Crippen molar-refractivity contribution in [3.05, 3.63) is 34.2 Å². The molecule has 0 aromatic carbocycles. The SMILES string of the molecule is CCOC(=O)c1cccn(C(C)C)c1=O. The fraction of sp³-hybridized carbons (Fsp3) is 0.455. The van der Waals surface area contributed by atoms with Gasteiger partial charge in [0.05, 0.1) is 6.61 Å². The summed E-state index contributed by atoms with van der Waals surface area (Å²) in [7, 11) is 0. The van der Waals surface area contributed by atoms with Crippen LogP contribution < -0.4 is 5.56 Å². The van der Waals surface area contributed by atoms with E-state index in [1.54, 1.807) is 19.2 Å². The lowest BCUT2D eigenvalue weighted by atomic mass is 10.2. The number of ether oxygens (including phenoxy) is 1. The maximum atomic E-state index is 11.8. The van der Waals surface area contributed by atoms with Gasteiger partial charge in [-0.3, -0.25) is 4.79 Å². The predicted octanol–water partition coefficient (Wildman–Crippen LogP) is 1.61. The van der Waals surface area contributed by atoms with Crippen LogP contribution in [0.1, 0.15) is 37.2 Å². The molecule has 0 unspecified atom stereocenters. The third kappa shape index (κ3) is 2.46. The highest BCUT2D eigenvalue weighted by Crippen LogP contribution is 2.02. The molecule has 0 saturated carbocycles. The summed E-state index contributed by atoms with van der Waals surface area (Å²) in [5.41, 5.74) is -0.209. The Bertz CT molecular complexity index is 407. The summed E-state index contributed by atoms with van der Waals surface area (Å²) in [6.07, 6.45) is 1.66. The van der Waals surface area contributed by atoms with E-state index in [2.05, 4.69) is 0 Å². The number of carbonyl (C=O) groups is 1. The van der Waals surface area contributed by atoms with Crippen molar-refractivity contribution < 1.29 is 9.53 Å². The molecular weight excluding hydrogens is 194 g/mol. The number of hydrogen-bond donors (Lipinski definition) is 0. The van der Waals surface area contributed by atoms with Crippen molar-refractivity contribution in [2.45, 2.75) is 26.8 Å². The van der Waals surface area contributed by atoms with E-state index in [1.165, 1.54) is 10.6 Å².